The van der Waals surface area contributed by atoms with Crippen LogP contribution in [0.3, 0.4) is 0 Å². The first-order chi connectivity index (χ1) is 7.66. The summed E-state index contributed by atoms with van der Waals surface area (Å²) in [6, 6.07) is 5.66. The molecule has 0 aromatic heterocycles. The summed E-state index contributed by atoms with van der Waals surface area (Å²) in [5.41, 5.74) is -0.195. The number of esters is 1. The Morgan fingerprint density at radius 1 is 1.31 bits per heavy atom. The highest BCUT2D eigenvalue weighted by Crippen LogP contribution is 2.10. The minimum atomic E-state index is -1.21. The Hall–Kier alpha value is -2.17. The Labute approximate surface area is 91.0 Å². The molecule has 84 valence electrons. The van der Waals surface area contributed by atoms with Gasteiger partial charge in [0.2, 0.25) is 0 Å². The van der Waals surface area contributed by atoms with Gasteiger partial charge in [0.05, 0.1) is 17.5 Å². The van der Waals surface area contributed by atoms with Gasteiger partial charge in [0.25, 0.3) is 0 Å². The van der Waals surface area contributed by atoms with E-state index in [4.69, 9.17) is 5.11 Å². The maximum atomic E-state index is 11.6. The minimum Gasteiger partial charge on any atom is -0.478 e. The summed E-state index contributed by atoms with van der Waals surface area (Å²) < 4.78 is 16.2. The minimum absolute atomic E-state index is 0.0535. The third-order valence-corrected chi connectivity index (χ3v) is 1.78. The first kappa shape index (κ1) is 11.9. The van der Waals surface area contributed by atoms with E-state index < -0.39 is 11.9 Å². The first-order valence-corrected chi connectivity index (χ1v) is 4.41. The number of carboxylic acids is 1. The predicted molar refractivity (Wildman–Crippen MR) is 53.9 cm³/mol. The SMILES string of the molecule is O=C(O)c1ccccc1C(=O)OCC=CF. The molecule has 1 rings (SSSR count). The van der Waals surface area contributed by atoms with Crippen molar-refractivity contribution in [1.29, 1.82) is 0 Å². The summed E-state index contributed by atoms with van der Waals surface area (Å²) >= 11 is 0. The molecule has 16 heavy (non-hydrogen) atoms. The van der Waals surface area contributed by atoms with Crippen LogP contribution in [0.15, 0.2) is 36.7 Å². The number of carbonyl (C=O) groups is 2. The van der Waals surface area contributed by atoms with Gasteiger partial charge in [-0.2, -0.15) is 0 Å². The lowest BCUT2D eigenvalue weighted by Crippen LogP contribution is -2.11. The molecule has 1 N–H and O–H groups in total. The van der Waals surface area contributed by atoms with Gasteiger partial charge >= 0.3 is 11.9 Å². The number of aromatic carboxylic acids is 1. The van der Waals surface area contributed by atoms with Crippen molar-refractivity contribution in [3.05, 3.63) is 47.8 Å². The van der Waals surface area contributed by atoms with Crippen molar-refractivity contribution in [3.8, 4) is 0 Å². The van der Waals surface area contributed by atoms with Crippen molar-refractivity contribution in [2.45, 2.75) is 0 Å². The van der Waals surface area contributed by atoms with Crippen LogP contribution in [-0.2, 0) is 4.74 Å². The average Bonchev–Trinajstić information content (AvgIpc) is 2.29. The van der Waals surface area contributed by atoms with Crippen LogP contribution in [0.1, 0.15) is 20.7 Å². The molecule has 0 amide bonds. The lowest BCUT2D eigenvalue weighted by molar-refractivity contribution is 0.0535. The Bertz CT molecular complexity index is 426. The number of hydrogen-bond donors (Lipinski definition) is 1. The molecule has 0 bridgehead atoms. The first-order valence-electron chi connectivity index (χ1n) is 4.41. The summed E-state index contributed by atoms with van der Waals surface area (Å²) in [6.45, 7) is -0.233. The molecule has 0 unspecified atom stereocenters. The van der Waals surface area contributed by atoms with Gasteiger partial charge in [-0.3, -0.25) is 0 Å². The van der Waals surface area contributed by atoms with Gasteiger partial charge in [-0.25, -0.2) is 14.0 Å². The number of benzene rings is 1. The lowest BCUT2D eigenvalue weighted by Gasteiger charge is -2.04. The van der Waals surface area contributed by atoms with Crippen LogP contribution in [0.2, 0.25) is 0 Å². The van der Waals surface area contributed by atoms with Gasteiger partial charge in [-0.05, 0) is 18.2 Å². The Morgan fingerprint density at radius 3 is 2.50 bits per heavy atom. The van der Waals surface area contributed by atoms with E-state index >= 15 is 0 Å². The smallest absolute Gasteiger partial charge is 0.339 e. The number of rotatable bonds is 4. The molecule has 0 aliphatic heterocycles. The predicted octanol–water partition coefficient (Wildman–Crippen LogP) is 2.02. The van der Waals surface area contributed by atoms with Crippen LogP contribution in [0.4, 0.5) is 4.39 Å². The van der Waals surface area contributed by atoms with Crippen LogP contribution < -0.4 is 0 Å². The number of hydrogen-bond acceptors (Lipinski definition) is 3. The molecule has 0 saturated heterocycles. The summed E-state index contributed by atoms with van der Waals surface area (Å²) in [6.07, 6.45) is 1.25. The molecule has 0 aliphatic rings. The molecule has 5 heteroatoms. The van der Waals surface area contributed by atoms with Crippen molar-refractivity contribution in [1.82, 2.24) is 0 Å². The van der Waals surface area contributed by atoms with Gasteiger partial charge in [-0.1, -0.05) is 12.1 Å². The topological polar surface area (TPSA) is 63.6 Å². The van der Waals surface area contributed by atoms with Crippen LogP contribution in [0.25, 0.3) is 0 Å². The van der Waals surface area contributed by atoms with E-state index in [1.807, 2.05) is 0 Å². The normalized spacial score (nSPS) is 10.3. The fourth-order valence-corrected chi connectivity index (χ4v) is 1.09. The van der Waals surface area contributed by atoms with Crippen LogP contribution in [-0.4, -0.2) is 23.7 Å². The molecule has 1 aromatic rings. The lowest BCUT2D eigenvalue weighted by atomic mass is 10.1. The van der Waals surface area contributed by atoms with Gasteiger partial charge in [0.15, 0.2) is 0 Å². The largest absolute Gasteiger partial charge is 0.478 e. The third kappa shape index (κ3) is 2.91. The summed E-state index contributed by atoms with van der Waals surface area (Å²) in [7, 11) is 0. The third-order valence-electron chi connectivity index (χ3n) is 1.78. The van der Waals surface area contributed by atoms with Gasteiger partial charge in [0.1, 0.15) is 6.61 Å². The van der Waals surface area contributed by atoms with E-state index in [9.17, 15) is 14.0 Å². The van der Waals surface area contributed by atoms with Gasteiger partial charge in [0, 0.05) is 0 Å². The quantitative estimate of drug-likeness (QED) is 0.794. The highest BCUT2D eigenvalue weighted by molar-refractivity contribution is 6.02. The second-order valence-electron chi connectivity index (χ2n) is 2.81. The fraction of sp³-hybridized carbons (Fsp3) is 0.0909. The Kier molecular flexibility index (Phi) is 4.20. The van der Waals surface area contributed by atoms with Crippen molar-refractivity contribution < 1.29 is 23.8 Å². The Balaban J connectivity index is 2.86. The van der Waals surface area contributed by atoms with E-state index in [-0.39, 0.29) is 24.1 Å². The van der Waals surface area contributed by atoms with Gasteiger partial charge in [-0.15, -0.1) is 0 Å². The van der Waals surface area contributed by atoms with Crippen LogP contribution in [0.5, 0.6) is 0 Å². The van der Waals surface area contributed by atoms with E-state index in [0.29, 0.717) is 0 Å². The maximum Gasteiger partial charge on any atom is 0.339 e. The van der Waals surface area contributed by atoms with Crippen molar-refractivity contribution >= 4 is 11.9 Å². The zero-order chi connectivity index (χ0) is 12.0. The summed E-state index contributed by atoms with van der Waals surface area (Å²) in [4.78, 5) is 22.2. The Morgan fingerprint density at radius 2 is 1.94 bits per heavy atom. The fourth-order valence-electron chi connectivity index (χ4n) is 1.09. The highest BCUT2D eigenvalue weighted by atomic mass is 19.1. The van der Waals surface area contributed by atoms with E-state index in [1.54, 1.807) is 0 Å². The van der Waals surface area contributed by atoms with Crippen molar-refractivity contribution in [2.24, 2.45) is 0 Å². The molecular formula is C11H9FO4. The molecule has 0 saturated carbocycles. The van der Waals surface area contributed by atoms with Crippen LogP contribution >= 0.6 is 0 Å². The van der Waals surface area contributed by atoms with Crippen LogP contribution in [0, 0.1) is 0 Å². The molecule has 0 fully saturated rings. The molecule has 0 heterocycles. The number of halogens is 1. The zero-order valence-electron chi connectivity index (χ0n) is 8.22. The maximum absolute atomic E-state index is 11.6. The number of ether oxygens (including phenoxy) is 1. The molecule has 0 spiro atoms. The number of carboxylic acid groups (broad SMARTS) is 1. The molecule has 0 atom stereocenters. The van der Waals surface area contributed by atoms with Crippen molar-refractivity contribution in [2.75, 3.05) is 6.61 Å². The monoisotopic (exact) mass is 224 g/mol. The van der Waals surface area contributed by atoms with Gasteiger partial charge < -0.3 is 9.84 Å². The standard InChI is InChI=1S/C11H9FO4/c12-6-3-7-16-11(15)9-5-2-1-4-8(9)10(13)14/h1-6H,7H2,(H,13,14). The zero-order valence-corrected chi connectivity index (χ0v) is 8.22. The molecule has 0 radical (unpaired) electrons. The second kappa shape index (κ2) is 5.65. The highest BCUT2D eigenvalue weighted by Gasteiger charge is 2.16. The summed E-state index contributed by atoms with van der Waals surface area (Å²) in [5.74, 6) is -2.01. The second-order valence-corrected chi connectivity index (χ2v) is 2.81. The van der Waals surface area contributed by atoms with E-state index in [2.05, 4.69) is 4.74 Å². The van der Waals surface area contributed by atoms with Crippen molar-refractivity contribution in [3.63, 3.8) is 0 Å². The average molecular weight is 224 g/mol. The number of carbonyl (C=O) groups excluding carboxylic acids is 1. The molecule has 0 aliphatic carbocycles. The molecule has 4 nitrogen and oxygen atoms in total. The van der Waals surface area contributed by atoms with E-state index in [0.717, 1.165) is 6.08 Å². The summed E-state index contributed by atoms with van der Waals surface area (Å²) in [5, 5.41) is 8.80. The van der Waals surface area contributed by atoms with E-state index in [1.165, 1.54) is 24.3 Å². The molecular weight excluding hydrogens is 215 g/mol. The molecule has 1 aromatic carbocycles.